The summed E-state index contributed by atoms with van der Waals surface area (Å²) in [6.45, 7) is 0.610. The second-order valence-corrected chi connectivity index (χ2v) is 2.59. The van der Waals surface area contributed by atoms with Crippen molar-refractivity contribution < 1.29 is 4.74 Å². The third-order valence-corrected chi connectivity index (χ3v) is 1.68. The van der Waals surface area contributed by atoms with E-state index in [1.165, 1.54) is 0 Å². The van der Waals surface area contributed by atoms with Crippen LogP contribution in [-0.2, 0) is 4.74 Å². The zero-order chi connectivity index (χ0) is 9.52. The molecule has 0 bridgehead atoms. The number of hydrogen-bond donors (Lipinski definition) is 0. The van der Waals surface area contributed by atoms with Crippen LogP contribution in [0.5, 0.6) is 0 Å². The monoisotopic (exact) mass is 172 g/mol. The van der Waals surface area contributed by atoms with E-state index in [-0.39, 0.29) is 0 Å². The minimum atomic E-state index is 0.610. The van der Waals surface area contributed by atoms with E-state index in [9.17, 15) is 0 Å². The number of benzene rings is 1. The van der Waals surface area contributed by atoms with Gasteiger partial charge in [-0.25, -0.2) is 0 Å². The van der Waals surface area contributed by atoms with Gasteiger partial charge in [-0.3, -0.25) is 0 Å². The quantitative estimate of drug-likeness (QED) is 0.636. The Labute approximate surface area is 79.0 Å². The van der Waals surface area contributed by atoms with Gasteiger partial charge in [0.05, 0.1) is 6.61 Å². The van der Waals surface area contributed by atoms with E-state index >= 15 is 0 Å². The first-order valence-electron chi connectivity index (χ1n) is 4.09. The normalized spacial score (nSPS) is 10.2. The summed E-state index contributed by atoms with van der Waals surface area (Å²) in [6, 6.07) is 7.81. The Bertz CT molecular complexity index is 331. The molecule has 0 fully saturated rings. The van der Waals surface area contributed by atoms with Crippen molar-refractivity contribution in [2.24, 2.45) is 0 Å². The predicted octanol–water partition coefficient (Wildman–Crippen LogP) is 2.33. The Morgan fingerprint density at radius 3 is 2.92 bits per heavy atom. The molecule has 0 aliphatic rings. The van der Waals surface area contributed by atoms with Crippen molar-refractivity contribution in [1.29, 1.82) is 0 Å². The Morgan fingerprint density at radius 2 is 2.23 bits per heavy atom. The number of hydrogen-bond acceptors (Lipinski definition) is 1. The van der Waals surface area contributed by atoms with Gasteiger partial charge in [0, 0.05) is 12.7 Å². The van der Waals surface area contributed by atoms with Gasteiger partial charge in [0.1, 0.15) is 0 Å². The summed E-state index contributed by atoms with van der Waals surface area (Å²) in [7, 11) is 1.66. The van der Waals surface area contributed by atoms with E-state index in [0.717, 1.165) is 11.1 Å². The van der Waals surface area contributed by atoms with Gasteiger partial charge < -0.3 is 4.74 Å². The molecule has 0 saturated heterocycles. The van der Waals surface area contributed by atoms with Crippen LogP contribution in [-0.4, -0.2) is 13.7 Å². The minimum absolute atomic E-state index is 0.610. The standard InChI is InChI=1S/C12H12O/c1-3-11-7-4-5-8-12(11)9-6-10-13-2/h1,4-9H,10H2,2H3. The van der Waals surface area contributed by atoms with E-state index in [2.05, 4.69) is 5.92 Å². The molecule has 0 aliphatic heterocycles. The minimum Gasteiger partial charge on any atom is -0.381 e. The molecule has 0 N–H and O–H groups in total. The molecule has 0 amide bonds. The zero-order valence-electron chi connectivity index (χ0n) is 7.66. The molecule has 1 rings (SSSR count). The summed E-state index contributed by atoms with van der Waals surface area (Å²) in [5.74, 6) is 2.63. The van der Waals surface area contributed by atoms with Crippen molar-refractivity contribution in [3.63, 3.8) is 0 Å². The van der Waals surface area contributed by atoms with E-state index < -0.39 is 0 Å². The maximum absolute atomic E-state index is 5.34. The van der Waals surface area contributed by atoms with E-state index in [4.69, 9.17) is 11.2 Å². The van der Waals surface area contributed by atoms with Crippen molar-refractivity contribution in [2.45, 2.75) is 0 Å². The summed E-state index contributed by atoms with van der Waals surface area (Å²) in [6.07, 6.45) is 9.25. The molecule has 1 aromatic rings. The van der Waals surface area contributed by atoms with Gasteiger partial charge in [0.2, 0.25) is 0 Å². The molecule has 13 heavy (non-hydrogen) atoms. The van der Waals surface area contributed by atoms with Crippen molar-refractivity contribution in [3.8, 4) is 12.3 Å². The van der Waals surface area contributed by atoms with Crippen LogP contribution in [0.3, 0.4) is 0 Å². The van der Waals surface area contributed by atoms with E-state index in [1.807, 2.05) is 36.4 Å². The zero-order valence-corrected chi connectivity index (χ0v) is 7.66. The summed E-state index contributed by atoms with van der Waals surface area (Å²) in [5, 5.41) is 0. The average Bonchev–Trinajstić information content (AvgIpc) is 2.19. The van der Waals surface area contributed by atoms with Gasteiger partial charge in [0.15, 0.2) is 0 Å². The lowest BCUT2D eigenvalue weighted by Gasteiger charge is -1.96. The second-order valence-electron chi connectivity index (χ2n) is 2.59. The lowest BCUT2D eigenvalue weighted by molar-refractivity contribution is 0.234. The van der Waals surface area contributed by atoms with Gasteiger partial charge in [0.25, 0.3) is 0 Å². The highest BCUT2D eigenvalue weighted by Crippen LogP contribution is 2.08. The predicted molar refractivity (Wildman–Crippen MR) is 55.3 cm³/mol. The van der Waals surface area contributed by atoms with Crippen LogP contribution < -0.4 is 0 Å². The summed E-state index contributed by atoms with van der Waals surface area (Å²) >= 11 is 0. The molecule has 0 atom stereocenters. The largest absolute Gasteiger partial charge is 0.381 e. The molecular formula is C12H12O. The first-order chi connectivity index (χ1) is 6.38. The summed E-state index contributed by atoms with van der Waals surface area (Å²) in [4.78, 5) is 0. The Hall–Kier alpha value is -1.52. The molecule has 1 aromatic carbocycles. The third kappa shape index (κ3) is 2.77. The highest BCUT2D eigenvalue weighted by atomic mass is 16.5. The fourth-order valence-electron chi connectivity index (χ4n) is 1.05. The number of rotatable bonds is 3. The fourth-order valence-corrected chi connectivity index (χ4v) is 1.05. The lowest BCUT2D eigenvalue weighted by atomic mass is 10.1. The van der Waals surface area contributed by atoms with Gasteiger partial charge >= 0.3 is 0 Å². The number of terminal acetylenes is 1. The lowest BCUT2D eigenvalue weighted by Crippen LogP contribution is -1.83. The molecule has 1 heteroatoms. The summed E-state index contributed by atoms with van der Waals surface area (Å²) in [5.41, 5.74) is 1.97. The Balaban J connectivity index is 2.82. The van der Waals surface area contributed by atoms with Crippen LogP contribution in [0.25, 0.3) is 6.08 Å². The molecule has 0 saturated carbocycles. The molecule has 0 aliphatic carbocycles. The molecule has 0 aromatic heterocycles. The molecule has 0 heterocycles. The van der Waals surface area contributed by atoms with Crippen LogP contribution in [0, 0.1) is 12.3 Å². The highest BCUT2D eigenvalue weighted by molar-refractivity contribution is 5.58. The van der Waals surface area contributed by atoms with Crippen LogP contribution in [0.15, 0.2) is 30.3 Å². The van der Waals surface area contributed by atoms with Crippen LogP contribution in [0.4, 0.5) is 0 Å². The molecule has 0 spiro atoms. The second kappa shape index (κ2) is 5.18. The summed E-state index contributed by atoms with van der Waals surface area (Å²) < 4.78 is 4.90. The SMILES string of the molecule is C#Cc1ccccc1C=CCOC. The van der Waals surface area contributed by atoms with Crippen molar-refractivity contribution in [3.05, 3.63) is 41.5 Å². The molecule has 1 nitrogen and oxygen atoms in total. The van der Waals surface area contributed by atoms with Crippen molar-refractivity contribution in [1.82, 2.24) is 0 Å². The van der Waals surface area contributed by atoms with Crippen molar-refractivity contribution >= 4 is 6.08 Å². The smallest absolute Gasteiger partial charge is 0.0646 e. The molecule has 0 radical (unpaired) electrons. The fraction of sp³-hybridized carbons (Fsp3) is 0.167. The highest BCUT2D eigenvalue weighted by Gasteiger charge is 1.92. The van der Waals surface area contributed by atoms with Crippen LogP contribution >= 0.6 is 0 Å². The van der Waals surface area contributed by atoms with Crippen molar-refractivity contribution in [2.75, 3.05) is 13.7 Å². The number of methoxy groups -OCH3 is 1. The number of ether oxygens (including phenoxy) is 1. The van der Waals surface area contributed by atoms with Gasteiger partial charge in [-0.15, -0.1) is 6.42 Å². The maximum atomic E-state index is 5.34. The first kappa shape index (κ1) is 9.57. The molecular weight excluding hydrogens is 160 g/mol. The topological polar surface area (TPSA) is 9.23 Å². The Morgan fingerprint density at radius 1 is 1.46 bits per heavy atom. The van der Waals surface area contributed by atoms with Gasteiger partial charge in [-0.2, -0.15) is 0 Å². The van der Waals surface area contributed by atoms with E-state index in [1.54, 1.807) is 7.11 Å². The average molecular weight is 172 g/mol. The van der Waals surface area contributed by atoms with Crippen LogP contribution in [0.2, 0.25) is 0 Å². The first-order valence-corrected chi connectivity index (χ1v) is 4.09. The molecule has 0 unspecified atom stereocenters. The van der Waals surface area contributed by atoms with Crippen LogP contribution in [0.1, 0.15) is 11.1 Å². The van der Waals surface area contributed by atoms with Gasteiger partial charge in [-0.1, -0.05) is 36.3 Å². The maximum Gasteiger partial charge on any atom is 0.0646 e. The van der Waals surface area contributed by atoms with E-state index in [0.29, 0.717) is 6.61 Å². The van der Waals surface area contributed by atoms with Gasteiger partial charge in [-0.05, 0) is 11.6 Å². The Kier molecular flexibility index (Phi) is 3.81. The third-order valence-electron chi connectivity index (χ3n) is 1.68. The molecule has 66 valence electrons.